The minimum absolute atomic E-state index is 0.0275. The van der Waals surface area contributed by atoms with Crippen LogP contribution in [-0.2, 0) is 0 Å². The van der Waals surface area contributed by atoms with E-state index in [2.05, 4.69) is 21.9 Å². The highest BCUT2D eigenvalue weighted by molar-refractivity contribution is 5.93. The molecule has 0 saturated heterocycles. The van der Waals surface area contributed by atoms with Crippen LogP contribution < -0.4 is 11.5 Å². The predicted octanol–water partition coefficient (Wildman–Crippen LogP) is -0.842. The van der Waals surface area contributed by atoms with E-state index >= 15 is 0 Å². The van der Waals surface area contributed by atoms with Gasteiger partial charge in [0.05, 0.1) is 0 Å². The Morgan fingerprint density at radius 3 is 2.25 bits per heavy atom. The van der Waals surface area contributed by atoms with Crippen molar-refractivity contribution in [3.8, 4) is 12.0 Å². The standard InChI is InChI=1S/C7H13N5/c1-4-5-10-7(12(2)3)11-6(8)9/h1-3H3,(H4,8,9,10,11). The molecule has 0 atom stereocenters. The number of hydrogen-bond acceptors (Lipinski definition) is 1. The smallest absolute Gasteiger partial charge is 0.236 e. The van der Waals surface area contributed by atoms with Gasteiger partial charge < -0.3 is 16.4 Å². The van der Waals surface area contributed by atoms with Crippen molar-refractivity contribution in [2.75, 3.05) is 14.1 Å². The van der Waals surface area contributed by atoms with E-state index < -0.39 is 0 Å². The highest BCUT2D eigenvalue weighted by atomic mass is 15.2. The summed E-state index contributed by atoms with van der Waals surface area (Å²) in [6.07, 6.45) is 0. The monoisotopic (exact) mass is 167 g/mol. The molecule has 0 aliphatic rings. The van der Waals surface area contributed by atoms with Gasteiger partial charge in [0.15, 0.2) is 5.96 Å². The summed E-state index contributed by atoms with van der Waals surface area (Å²) in [4.78, 5) is 9.25. The van der Waals surface area contributed by atoms with Gasteiger partial charge in [-0.05, 0) is 6.92 Å². The first-order chi connectivity index (χ1) is 5.57. The van der Waals surface area contributed by atoms with E-state index in [1.807, 2.05) is 0 Å². The molecule has 0 heterocycles. The molecule has 0 radical (unpaired) electrons. The zero-order valence-corrected chi connectivity index (χ0v) is 7.50. The van der Waals surface area contributed by atoms with Gasteiger partial charge in [0.25, 0.3) is 0 Å². The molecule has 0 fully saturated rings. The molecule has 0 aromatic heterocycles. The lowest BCUT2D eigenvalue weighted by molar-refractivity contribution is 0.615. The molecule has 0 spiro atoms. The maximum Gasteiger partial charge on any atom is 0.236 e. The van der Waals surface area contributed by atoms with Gasteiger partial charge in [-0.3, -0.25) is 0 Å². The van der Waals surface area contributed by atoms with Crippen LogP contribution in [0.1, 0.15) is 6.92 Å². The van der Waals surface area contributed by atoms with Crippen LogP contribution >= 0.6 is 0 Å². The number of rotatable bonds is 0. The summed E-state index contributed by atoms with van der Waals surface area (Å²) in [6, 6.07) is 2.51. The summed E-state index contributed by atoms with van der Waals surface area (Å²) in [7, 11) is 3.56. The maximum absolute atomic E-state index is 5.17. The average molecular weight is 167 g/mol. The van der Waals surface area contributed by atoms with Crippen molar-refractivity contribution in [1.29, 1.82) is 0 Å². The Morgan fingerprint density at radius 1 is 1.33 bits per heavy atom. The Hall–Kier alpha value is -1.70. The molecule has 4 N–H and O–H groups in total. The number of hydrogen-bond donors (Lipinski definition) is 2. The maximum atomic E-state index is 5.17. The van der Waals surface area contributed by atoms with Gasteiger partial charge in [-0.15, -0.1) is 0 Å². The molecule has 0 aromatic carbocycles. The van der Waals surface area contributed by atoms with Crippen LogP contribution in [0.2, 0.25) is 0 Å². The van der Waals surface area contributed by atoms with Crippen LogP contribution in [0.4, 0.5) is 0 Å². The number of aliphatic imine (C=N–C) groups is 2. The van der Waals surface area contributed by atoms with E-state index in [9.17, 15) is 0 Å². The van der Waals surface area contributed by atoms with Crippen molar-refractivity contribution in [2.24, 2.45) is 21.5 Å². The molecule has 5 heteroatoms. The van der Waals surface area contributed by atoms with E-state index in [0.717, 1.165) is 0 Å². The van der Waals surface area contributed by atoms with Gasteiger partial charge in [0.2, 0.25) is 5.96 Å². The van der Waals surface area contributed by atoms with Gasteiger partial charge in [-0.2, -0.15) is 9.98 Å². The van der Waals surface area contributed by atoms with E-state index in [4.69, 9.17) is 11.5 Å². The van der Waals surface area contributed by atoms with Crippen LogP contribution in [0.25, 0.3) is 0 Å². The highest BCUT2D eigenvalue weighted by Gasteiger charge is 1.97. The van der Waals surface area contributed by atoms with Crippen LogP contribution in [0.3, 0.4) is 0 Å². The van der Waals surface area contributed by atoms with E-state index in [1.165, 1.54) is 0 Å². The van der Waals surface area contributed by atoms with Crippen molar-refractivity contribution in [3.63, 3.8) is 0 Å². The van der Waals surface area contributed by atoms with Crippen molar-refractivity contribution in [2.45, 2.75) is 6.92 Å². The molecule has 0 amide bonds. The third kappa shape index (κ3) is 4.17. The average Bonchev–Trinajstić information content (AvgIpc) is 1.96. The van der Waals surface area contributed by atoms with Crippen LogP contribution in [0.5, 0.6) is 0 Å². The normalized spacial score (nSPS) is 9.75. The quantitative estimate of drug-likeness (QED) is 0.280. The van der Waals surface area contributed by atoms with Gasteiger partial charge >= 0.3 is 0 Å². The Morgan fingerprint density at radius 2 is 1.92 bits per heavy atom. The van der Waals surface area contributed by atoms with Crippen molar-refractivity contribution in [3.05, 3.63) is 0 Å². The minimum atomic E-state index is -0.0275. The second-order valence-corrected chi connectivity index (χ2v) is 2.20. The lowest BCUT2D eigenvalue weighted by Gasteiger charge is -2.08. The van der Waals surface area contributed by atoms with Gasteiger partial charge in [0, 0.05) is 20.1 Å². The molecule has 0 unspecified atom stereocenters. The molecule has 5 nitrogen and oxygen atoms in total. The van der Waals surface area contributed by atoms with Crippen molar-refractivity contribution < 1.29 is 0 Å². The molecule has 0 saturated carbocycles. The fourth-order valence-electron chi connectivity index (χ4n) is 0.446. The summed E-state index contributed by atoms with van der Waals surface area (Å²) in [5.74, 6) is 2.98. The molecule has 0 aliphatic heterocycles. The minimum Gasteiger partial charge on any atom is -0.370 e. The lowest BCUT2D eigenvalue weighted by Crippen LogP contribution is -2.29. The number of guanidine groups is 2. The molecule has 0 bridgehead atoms. The first-order valence-corrected chi connectivity index (χ1v) is 3.34. The Labute approximate surface area is 72.2 Å². The Kier molecular flexibility index (Phi) is 4.31. The summed E-state index contributed by atoms with van der Waals surface area (Å²) in [6.45, 7) is 1.69. The number of nitrogens with zero attached hydrogens (tertiary/aromatic N) is 3. The van der Waals surface area contributed by atoms with Crippen LogP contribution in [0, 0.1) is 12.0 Å². The molecule has 66 valence electrons. The topological polar surface area (TPSA) is 80.0 Å². The van der Waals surface area contributed by atoms with E-state index in [-0.39, 0.29) is 5.96 Å². The van der Waals surface area contributed by atoms with Crippen molar-refractivity contribution in [1.82, 2.24) is 4.90 Å². The molecule has 0 aromatic rings. The highest BCUT2D eigenvalue weighted by Crippen LogP contribution is 1.84. The molecular weight excluding hydrogens is 154 g/mol. The third-order valence-corrected chi connectivity index (χ3v) is 0.897. The fraction of sp³-hybridized carbons (Fsp3) is 0.429. The first kappa shape index (κ1) is 10.3. The first-order valence-electron chi connectivity index (χ1n) is 3.34. The molecule has 12 heavy (non-hydrogen) atoms. The van der Waals surface area contributed by atoms with Gasteiger partial charge in [-0.1, -0.05) is 5.92 Å². The summed E-state index contributed by atoms with van der Waals surface area (Å²) in [5.41, 5.74) is 10.3. The Bertz CT molecular complexity index is 249. The van der Waals surface area contributed by atoms with E-state index in [1.54, 1.807) is 25.9 Å². The lowest BCUT2D eigenvalue weighted by atomic mass is 10.7. The third-order valence-electron chi connectivity index (χ3n) is 0.897. The fourth-order valence-corrected chi connectivity index (χ4v) is 0.446. The molecular formula is C7H13N5. The molecule has 0 rings (SSSR count). The van der Waals surface area contributed by atoms with Crippen molar-refractivity contribution >= 4 is 11.9 Å². The van der Waals surface area contributed by atoms with Crippen LogP contribution in [0.15, 0.2) is 9.98 Å². The van der Waals surface area contributed by atoms with E-state index in [0.29, 0.717) is 5.96 Å². The summed E-state index contributed by atoms with van der Waals surface area (Å²) >= 11 is 0. The SMILES string of the molecule is CC#CN=C(N=C(N)N)N(C)C. The number of nitrogens with two attached hydrogens (primary N) is 2. The predicted molar refractivity (Wildman–Crippen MR) is 50.4 cm³/mol. The second-order valence-electron chi connectivity index (χ2n) is 2.20. The summed E-state index contributed by atoms with van der Waals surface area (Å²) < 4.78 is 0. The molecule has 0 aliphatic carbocycles. The zero-order chi connectivity index (χ0) is 9.56. The summed E-state index contributed by atoms with van der Waals surface area (Å²) in [5, 5.41) is 0. The second kappa shape index (κ2) is 5.02. The largest absolute Gasteiger partial charge is 0.370 e. The van der Waals surface area contributed by atoms with Crippen LogP contribution in [-0.4, -0.2) is 30.9 Å². The van der Waals surface area contributed by atoms with Gasteiger partial charge in [0.1, 0.15) is 0 Å². The Balaban J connectivity index is 4.63. The van der Waals surface area contributed by atoms with Gasteiger partial charge in [-0.25, -0.2) is 0 Å². The zero-order valence-electron chi connectivity index (χ0n) is 7.50.